The van der Waals surface area contributed by atoms with Crippen LogP contribution in [0, 0.1) is 0 Å². The van der Waals surface area contributed by atoms with Gasteiger partial charge >= 0.3 is 0 Å². The number of rotatable bonds is 8. The summed E-state index contributed by atoms with van der Waals surface area (Å²) in [6.45, 7) is 3.00. The van der Waals surface area contributed by atoms with Crippen molar-refractivity contribution >= 4 is 5.91 Å². The second-order valence-electron chi connectivity index (χ2n) is 5.96. The minimum atomic E-state index is 0.121. The molecule has 1 aromatic rings. The molecule has 0 saturated heterocycles. The van der Waals surface area contributed by atoms with E-state index in [2.05, 4.69) is 19.1 Å². The number of hydrogen-bond donors (Lipinski definition) is 1. The minimum absolute atomic E-state index is 0.121. The second-order valence-corrected chi connectivity index (χ2v) is 5.96. The molecule has 1 saturated carbocycles. The highest BCUT2D eigenvalue weighted by Crippen LogP contribution is 2.26. The summed E-state index contributed by atoms with van der Waals surface area (Å²) >= 11 is 0. The van der Waals surface area contributed by atoms with Crippen LogP contribution in [0.5, 0.6) is 0 Å². The van der Waals surface area contributed by atoms with Crippen LogP contribution in [0.25, 0.3) is 0 Å². The predicted octanol–water partition coefficient (Wildman–Crippen LogP) is 3.41. The molecule has 1 fully saturated rings. The highest BCUT2D eigenvalue weighted by atomic mass is 16.3. The number of unbranched alkanes of at least 4 members (excludes halogenated alkanes) is 1. The Kier molecular flexibility index (Phi) is 6.24. The summed E-state index contributed by atoms with van der Waals surface area (Å²) in [5, 5.41) is 9.02. The molecule has 1 aliphatic carbocycles. The van der Waals surface area contributed by atoms with Crippen molar-refractivity contribution in [2.75, 3.05) is 13.2 Å². The predicted molar refractivity (Wildman–Crippen MR) is 85.4 cm³/mol. The summed E-state index contributed by atoms with van der Waals surface area (Å²) in [4.78, 5) is 14.6. The molecule has 0 spiro atoms. The molecule has 116 valence electrons. The molecular formula is C18H27NO2. The molecule has 0 aliphatic heterocycles. The Bertz CT molecular complexity index is 437. The van der Waals surface area contributed by atoms with Crippen LogP contribution < -0.4 is 0 Å². The average molecular weight is 289 g/mol. The highest BCUT2D eigenvalue weighted by Gasteiger charge is 2.28. The zero-order valence-corrected chi connectivity index (χ0v) is 13.1. The first kappa shape index (κ1) is 16.0. The number of hydrogen-bond acceptors (Lipinski definition) is 2. The Labute approximate surface area is 128 Å². The van der Waals surface area contributed by atoms with Gasteiger partial charge in [-0.3, -0.25) is 4.79 Å². The fourth-order valence-electron chi connectivity index (χ4n) is 2.75. The molecule has 1 N–H and O–H groups in total. The molecule has 0 bridgehead atoms. The van der Waals surface area contributed by atoms with Crippen LogP contribution in [-0.2, 0) is 6.42 Å². The van der Waals surface area contributed by atoms with E-state index >= 15 is 0 Å². The molecule has 0 atom stereocenters. The zero-order valence-electron chi connectivity index (χ0n) is 13.1. The van der Waals surface area contributed by atoms with E-state index in [0.717, 1.165) is 24.8 Å². The second kappa shape index (κ2) is 8.18. The maximum Gasteiger partial charge on any atom is 0.254 e. The van der Waals surface area contributed by atoms with Crippen molar-refractivity contribution in [3.8, 4) is 0 Å². The highest BCUT2D eigenvalue weighted by molar-refractivity contribution is 5.94. The van der Waals surface area contributed by atoms with Crippen molar-refractivity contribution in [2.24, 2.45) is 0 Å². The van der Waals surface area contributed by atoms with Crippen LogP contribution in [0.2, 0.25) is 0 Å². The van der Waals surface area contributed by atoms with E-state index in [4.69, 9.17) is 5.11 Å². The van der Waals surface area contributed by atoms with Crippen LogP contribution in [0.3, 0.4) is 0 Å². The fraction of sp³-hybridized carbons (Fsp3) is 0.611. The van der Waals surface area contributed by atoms with Gasteiger partial charge in [0, 0.05) is 24.8 Å². The third kappa shape index (κ3) is 4.31. The Balaban J connectivity index is 2.01. The van der Waals surface area contributed by atoms with E-state index in [9.17, 15) is 4.79 Å². The van der Waals surface area contributed by atoms with E-state index in [1.165, 1.54) is 24.8 Å². The number of carbonyl (C=O) groups excluding carboxylic acids is 1. The molecule has 0 heterocycles. The molecule has 1 aromatic carbocycles. The number of amides is 1. The molecule has 0 radical (unpaired) electrons. The van der Waals surface area contributed by atoms with Gasteiger partial charge in [0.25, 0.3) is 5.91 Å². The molecule has 0 unspecified atom stereocenters. The third-order valence-corrected chi connectivity index (χ3v) is 4.35. The van der Waals surface area contributed by atoms with Crippen molar-refractivity contribution in [1.29, 1.82) is 0 Å². The summed E-state index contributed by atoms with van der Waals surface area (Å²) in [7, 11) is 0. The van der Waals surface area contributed by atoms with Gasteiger partial charge in [-0.2, -0.15) is 0 Å². The number of aliphatic hydroxyl groups excluding tert-OH is 1. The van der Waals surface area contributed by atoms with E-state index < -0.39 is 0 Å². The minimum Gasteiger partial charge on any atom is -0.396 e. The SMILES string of the molecule is CCCCc1ccc(C(=O)N(CCCO)C2CCC2)cc1. The van der Waals surface area contributed by atoms with Gasteiger partial charge < -0.3 is 10.0 Å². The Morgan fingerprint density at radius 3 is 2.48 bits per heavy atom. The topological polar surface area (TPSA) is 40.5 Å². The lowest BCUT2D eigenvalue weighted by atomic mass is 9.90. The van der Waals surface area contributed by atoms with Crippen molar-refractivity contribution in [1.82, 2.24) is 4.90 Å². The molecule has 2 rings (SSSR count). The van der Waals surface area contributed by atoms with Gasteiger partial charge in [0.15, 0.2) is 0 Å². The Morgan fingerprint density at radius 2 is 1.95 bits per heavy atom. The smallest absolute Gasteiger partial charge is 0.254 e. The lowest BCUT2D eigenvalue weighted by Gasteiger charge is -2.37. The monoisotopic (exact) mass is 289 g/mol. The van der Waals surface area contributed by atoms with E-state index in [0.29, 0.717) is 19.0 Å². The molecule has 21 heavy (non-hydrogen) atoms. The molecular weight excluding hydrogens is 262 g/mol. The van der Waals surface area contributed by atoms with Gasteiger partial charge in [0.05, 0.1) is 0 Å². The lowest BCUT2D eigenvalue weighted by Crippen LogP contribution is -2.44. The van der Waals surface area contributed by atoms with Crippen LogP contribution in [0.15, 0.2) is 24.3 Å². The molecule has 1 amide bonds. The first-order valence-corrected chi connectivity index (χ1v) is 8.27. The molecule has 3 heteroatoms. The largest absolute Gasteiger partial charge is 0.396 e. The van der Waals surface area contributed by atoms with Crippen LogP contribution in [-0.4, -0.2) is 35.1 Å². The summed E-state index contributed by atoms with van der Waals surface area (Å²) in [6.07, 6.45) is 7.55. The van der Waals surface area contributed by atoms with Crippen molar-refractivity contribution < 1.29 is 9.90 Å². The van der Waals surface area contributed by atoms with Gasteiger partial charge in [-0.15, -0.1) is 0 Å². The van der Waals surface area contributed by atoms with E-state index in [-0.39, 0.29) is 12.5 Å². The first-order chi connectivity index (χ1) is 10.3. The summed E-state index contributed by atoms with van der Waals surface area (Å²) in [6, 6.07) is 8.45. The van der Waals surface area contributed by atoms with Crippen LogP contribution in [0.1, 0.15) is 61.4 Å². The van der Waals surface area contributed by atoms with Crippen molar-refractivity contribution in [3.05, 3.63) is 35.4 Å². The fourth-order valence-corrected chi connectivity index (χ4v) is 2.75. The average Bonchev–Trinajstić information content (AvgIpc) is 2.47. The summed E-state index contributed by atoms with van der Waals surface area (Å²) in [5.41, 5.74) is 2.08. The summed E-state index contributed by atoms with van der Waals surface area (Å²) in [5.74, 6) is 0.121. The normalized spacial score (nSPS) is 14.8. The van der Waals surface area contributed by atoms with Crippen molar-refractivity contribution in [2.45, 2.75) is 57.9 Å². The van der Waals surface area contributed by atoms with Gasteiger partial charge in [-0.1, -0.05) is 25.5 Å². The number of benzene rings is 1. The quantitative estimate of drug-likeness (QED) is 0.796. The molecule has 3 nitrogen and oxygen atoms in total. The standard InChI is InChI=1S/C18H27NO2/c1-2-3-6-15-9-11-16(12-10-15)18(21)19(13-5-14-20)17-7-4-8-17/h9-12,17,20H,2-8,13-14H2,1H3. The van der Waals surface area contributed by atoms with Crippen LogP contribution in [0.4, 0.5) is 0 Å². The zero-order chi connectivity index (χ0) is 15.1. The molecule has 0 aromatic heterocycles. The summed E-state index contributed by atoms with van der Waals surface area (Å²) < 4.78 is 0. The number of aliphatic hydroxyl groups is 1. The molecule has 1 aliphatic rings. The van der Waals surface area contributed by atoms with Gasteiger partial charge in [-0.05, 0) is 56.2 Å². The van der Waals surface area contributed by atoms with Gasteiger partial charge in [0.1, 0.15) is 0 Å². The maximum atomic E-state index is 12.7. The number of carbonyl (C=O) groups is 1. The number of nitrogens with zero attached hydrogens (tertiary/aromatic N) is 1. The van der Waals surface area contributed by atoms with Gasteiger partial charge in [0.2, 0.25) is 0 Å². The number of aryl methyl sites for hydroxylation is 1. The van der Waals surface area contributed by atoms with E-state index in [1.54, 1.807) is 0 Å². The maximum absolute atomic E-state index is 12.7. The third-order valence-electron chi connectivity index (χ3n) is 4.35. The Hall–Kier alpha value is -1.35. The van der Waals surface area contributed by atoms with Crippen molar-refractivity contribution in [3.63, 3.8) is 0 Å². The van der Waals surface area contributed by atoms with E-state index in [1.807, 2.05) is 17.0 Å². The lowest BCUT2D eigenvalue weighted by molar-refractivity contribution is 0.0562. The first-order valence-electron chi connectivity index (χ1n) is 8.27. The van der Waals surface area contributed by atoms with Gasteiger partial charge in [-0.25, -0.2) is 0 Å². The Morgan fingerprint density at radius 1 is 1.24 bits per heavy atom. The van der Waals surface area contributed by atoms with Crippen LogP contribution >= 0.6 is 0 Å².